The molecular weight excluding hydrogens is 275 g/mol. The monoisotopic (exact) mass is 288 g/mol. The summed E-state index contributed by atoms with van der Waals surface area (Å²) in [6.45, 7) is 0.244. The number of ether oxygens (including phenoxy) is 1. The molecule has 0 atom stereocenters. The number of aromatic nitrogens is 1. The van der Waals surface area contributed by atoms with Crippen molar-refractivity contribution in [1.82, 2.24) is 4.57 Å². The lowest BCUT2D eigenvalue weighted by molar-refractivity contribution is 0.408. The second-order valence-corrected chi connectivity index (χ2v) is 4.17. The number of hydrogen-bond acceptors (Lipinski definition) is 3. The standard InChI is InChI=1S/C12H13ClN2O2.ClH/c1-15-10(6-14)11(17-2)8-4-3-7(13)5-9(8)12(15)16;/h3-5H,6,14H2,1-2H3;1H. The first kappa shape index (κ1) is 14.8. The Hall–Kier alpha value is -1.23. The van der Waals surface area contributed by atoms with Crippen LogP contribution in [0.1, 0.15) is 5.69 Å². The Morgan fingerprint density at radius 3 is 2.61 bits per heavy atom. The maximum absolute atomic E-state index is 12.1. The lowest BCUT2D eigenvalue weighted by atomic mass is 10.1. The molecule has 4 nitrogen and oxygen atoms in total. The molecule has 0 amide bonds. The second-order valence-electron chi connectivity index (χ2n) is 3.74. The minimum atomic E-state index is -0.122. The van der Waals surface area contributed by atoms with Gasteiger partial charge in [-0.1, -0.05) is 11.6 Å². The number of methoxy groups -OCH3 is 1. The van der Waals surface area contributed by atoms with Crippen molar-refractivity contribution in [2.24, 2.45) is 12.8 Å². The number of rotatable bonds is 2. The summed E-state index contributed by atoms with van der Waals surface area (Å²) in [4.78, 5) is 12.1. The Bertz CT molecular complexity index is 638. The van der Waals surface area contributed by atoms with Crippen molar-refractivity contribution < 1.29 is 4.74 Å². The molecule has 0 spiro atoms. The first-order valence-electron chi connectivity index (χ1n) is 5.15. The van der Waals surface area contributed by atoms with Crippen molar-refractivity contribution in [3.8, 4) is 5.75 Å². The summed E-state index contributed by atoms with van der Waals surface area (Å²) in [5.74, 6) is 0.626. The van der Waals surface area contributed by atoms with Crippen LogP contribution in [0.5, 0.6) is 5.75 Å². The maximum atomic E-state index is 12.1. The average Bonchev–Trinajstić information content (AvgIpc) is 2.33. The van der Waals surface area contributed by atoms with Gasteiger partial charge in [-0.25, -0.2) is 0 Å². The number of hydrogen-bond donors (Lipinski definition) is 1. The molecule has 0 radical (unpaired) electrons. The highest BCUT2D eigenvalue weighted by molar-refractivity contribution is 6.31. The topological polar surface area (TPSA) is 57.2 Å². The van der Waals surface area contributed by atoms with E-state index in [1.807, 2.05) is 0 Å². The number of nitrogens with zero attached hydrogens (tertiary/aromatic N) is 1. The van der Waals surface area contributed by atoms with Crippen LogP contribution in [0.25, 0.3) is 10.8 Å². The maximum Gasteiger partial charge on any atom is 0.258 e. The van der Waals surface area contributed by atoms with Crippen LogP contribution in [-0.2, 0) is 13.6 Å². The molecular formula is C12H14Cl2N2O2. The zero-order valence-corrected chi connectivity index (χ0v) is 11.6. The third kappa shape index (κ3) is 2.19. The van der Waals surface area contributed by atoms with Crippen LogP contribution in [0.15, 0.2) is 23.0 Å². The number of pyridine rings is 1. The largest absolute Gasteiger partial charge is 0.494 e. The van der Waals surface area contributed by atoms with Gasteiger partial charge in [0.1, 0.15) is 5.75 Å². The number of benzene rings is 1. The minimum absolute atomic E-state index is 0. The predicted octanol–water partition coefficient (Wildman–Crippen LogP) is 2.08. The molecule has 1 heterocycles. The van der Waals surface area contributed by atoms with Crippen molar-refractivity contribution in [2.45, 2.75) is 6.54 Å². The summed E-state index contributed by atoms with van der Waals surface area (Å²) in [5, 5.41) is 1.80. The summed E-state index contributed by atoms with van der Waals surface area (Å²) in [7, 11) is 3.24. The molecule has 2 rings (SSSR count). The summed E-state index contributed by atoms with van der Waals surface area (Å²) < 4.78 is 6.84. The van der Waals surface area contributed by atoms with Gasteiger partial charge in [-0.05, 0) is 18.2 Å². The zero-order valence-electron chi connectivity index (χ0n) is 10.1. The molecule has 0 aliphatic carbocycles. The lowest BCUT2D eigenvalue weighted by Gasteiger charge is -2.14. The fourth-order valence-electron chi connectivity index (χ4n) is 1.96. The first-order chi connectivity index (χ1) is 8.10. The molecule has 0 aliphatic rings. The molecule has 0 unspecified atom stereocenters. The minimum Gasteiger partial charge on any atom is -0.494 e. The molecule has 6 heteroatoms. The Labute approximate surface area is 116 Å². The Morgan fingerprint density at radius 2 is 2.06 bits per heavy atom. The molecule has 98 valence electrons. The molecule has 0 saturated carbocycles. The van der Waals surface area contributed by atoms with Gasteiger partial charge in [-0.3, -0.25) is 4.79 Å². The average molecular weight is 289 g/mol. The number of halogens is 2. The molecule has 2 N–H and O–H groups in total. The molecule has 0 aliphatic heterocycles. The molecule has 1 aromatic heterocycles. The summed E-state index contributed by atoms with van der Waals surface area (Å²) in [6.07, 6.45) is 0. The molecule has 2 aromatic rings. The van der Waals surface area contributed by atoms with E-state index in [1.165, 1.54) is 4.57 Å². The SMILES string of the molecule is COc1c(CN)n(C)c(=O)c2cc(Cl)ccc12.Cl. The van der Waals surface area contributed by atoms with Gasteiger partial charge in [0.15, 0.2) is 0 Å². The summed E-state index contributed by atoms with van der Waals surface area (Å²) in [5.41, 5.74) is 6.20. The Morgan fingerprint density at radius 1 is 1.39 bits per heavy atom. The van der Waals surface area contributed by atoms with Crippen molar-refractivity contribution in [2.75, 3.05) is 7.11 Å². The van der Waals surface area contributed by atoms with Gasteiger partial charge in [0.05, 0.1) is 18.2 Å². The van der Waals surface area contributed by atoms with Crippen LogP contribution in [-0.4, -0.2) is 11.7 Å². The summed E-state index contributed by atoms with van der Waals surface area (Å²) in [6, 6.07) is 5.14. The fourth-order valence-corrected chi connectivity index (χ4v) is 2.13. The normalized spacial score (nSPS) is 10.2. The zero-order chi connectivity index (χ0) is 12.6. The Kier molecular flexibility index (Phi) is 4.62. The van der Waals surface area contributed by atoms with Crippen LogP contribution in [0.4, 0.5) is 0 Å². The van der Waals surface area contributed by atoms with Gasteiger partial charge in [0.25, 0.3) is 5.56 Å². The highest BCUT2D eigenvalue weighted by Gasteiger charge is 2.14. The smallest absolute Gasteiger partial charge is 0.258 e. The van der Waals surface area contributed by atoms with Gasteiger partial charge in [0, 0.05) is 24.0 Å². The third-order valence-corrected chi connectivity index (χ3v) is 3.06. The van der Waals surface area contributed by atoms with Gasteiger partial charge >= 0.3 is 0 Å². The fraction of sp³-hybridized carbons (Fsp3) is 0.250. The van der Waals surface area contributed by atoms with Crippen LogP contribution in [0.3, 0.4) is 0 Å². The van der Waals surface area contributed by atoms with Crippen molar-refractivity contribution in [1.29, 1.82) is 0 Å². The van der Waals surface area contributed by atoms with Crippen molar-refractivity contribution >= 4 is 34.8 Å². The van der Waals surface area contributed by atoms with E-state index in [-0.39, 0.29) is 24.5 Å². The van der Waals surface area contributed by atoms with Crippen LogP contribution in [0, 0.1) is 0 Å². The Balaban J connectivity index is 0.00000162. The van der Waals surface area contributed by atoms with E-state index >= 15 is 0 Å². The van der Waals surface area contributed by atoms with Crippen LogP contribution in [0.2, 0.25) is 5.02 Å². The number of fused-ring (bicyclic) bond motifs is 1. The third-order valence-electron chi connectivity index (χ3n) is 2.83. The highest BCUT2D eigenvalue weighted by Crippen LogP contribution is 2.28. The van der Waals surface area contributed by atoms with Crippen molar-refractivity contribution in [3.05, 3.63) is 39.3 Å². The highest BCUT2D eigenvalue weighted by atomic mass is 35.5. The molecule has 1 aromatic carbocycles. The van der Waals surface area contributed by atoms with Gasteiger partial charge in [-0.15, -0.1) is 12.4 Å². The second kappa shape index (κ2) is 5.61. The van der Waals surface area contributed by atoms with E-state index in [2.05, 4.69) is 0 Å². The van der Waals surface area contributed by atoms with E-state index in [4.69, 9.17) is 22.1 Å². The van der Waals surface area contributed by atoms with Gasteiger partial charge in [-0.2, -0.15) is 0 Å². The van der Waals surface area contributed by atoms with E-state index in [0.29, 0.717) is 21.9 Å². The first-order valence-corrected chi connectivity index (χ1v) is 5.53. The van der Waals surface area contributed by atoms with Crippen molar-refractivity contribution in [3.63, 3.8) is 0 Å². The van der Waals surface area contributed by atoms with E-state index < -0.39 is 0 Å². The van der Waals surface area contributed by atoms with Crippen LogP contribution >= 0.6 is 24.0 Å². The predicted molar refractivity (Wildman–Crippen MR) is 75.9 cm³/mol. The van der Waals surface area contributed by atoms with E-state index in [1.54, 1.807) is 32.4 Å². The van der Waals surface area contributed by atoms with Gasteiger partial charge < -0.3 is 15.0 Å². The molecule has 0 bridgehead atoms. The molecule has 18 heavy (non-hydrogen) atoms. The molecule has 0 saturated heterocycles. The molecule has 0 fully saturated rings. The number of nitrogens with two attached hydrogens (primary N) is 1. The lowest BCUT2D eigenvalue weighted by Crippen LogP contribution is -2.23. The van der Waals surface area contributed by atoms with Gasteiger partial charge in [0.2, 0.25) is 0 Å². The quantitative estimate of drug-likeness (QED) is 0.921. The van der Waals surface area contributed by atoms with E-state index in [9.17, 15) is 4.79 Å². The van der Waals surface area contributed by atoms with E-state index in [0.717, 1.165) is 5.39 Å². The summed E-state index contributed by atoms with van der Waals surface area (Å²) >= 11 is 5.90. The van der Waals surface area contributed by atoms with Crippen LogP contribution < -0.4 is 16.0 Å².